The van der Waals surface area contributed by atoms with Gasteiger partial charge in [0.15, 0.2) is 0 Å². The summed E-state index contributed by atoms with van der Waals surface area (Å²) in [6.45, 7) is 37.8. The highest BCUT2D eigenvalue weighted by atomic mass is 28.3. The Hall–Kier alpha value is -5.57. The molecular weight excluding hydrogens is 1070 g/mol. The number of fused-ring (bicyclic) bond motifs is 6. The molecule has 84 heavy (non-hydrogen) atoms. The van der Waals surface area contributed by atoms with Crippen LogP contribution < -0.4 is 0 Å². The third-order valence-electron chi connectivity index (χ3n) is 16.6. The van der Waals surface area contributed by atoms with Crippen LogP contribution in [0.25, 0.3) is 75.8 Å². The molecule has 0 aliphatic rings. The van der Waals surface area contributed by atoms with Crippen molar-refractivity contribution in [1.82, 2.24) is 0 Å². The predicted molar refractivity (Wildman–Crippen MR) is 389 cm³/mol. The summed E-state index contributed by atoms with van der Waals surface area (Å²) < 4.78 is 0. The minimum absolute atomic E-state index is 1.12. The highest BCUT2D eigenvalue weighted by Gasteiger charge is 2.22. The molecule has 0 aromatic heterocycles. The second-order valence-corrected chi connectivity index (χ2v) is 48.0. The van der Waals surface area contributed by atoms with Gasteiger partial charge in [-0.3, -0.25) is 0 Å². The van der Waals surface area contributed by atoms with E-state index in [-0.39, 0.29) is 0 Å². The number of hydrogen-bond donors (Lipinski definition) is 0. The molecule has 0 radical (unpaired) electrons. The molecule has 0 heterocycles. The van der Waals surface area contributed by atoms with Crippen LogP contribution in [0.3, 0.4) is 0 Å². The summed E-state index contributed by atoms with van der Waals surface area (Å²) in [5.41, 5.74) is 28.7. The second kappa shape index (κ2) is 28.3. The fourth-order valence-corrected chi connectivity index (χ4v) is 14.0. The molecule has 4 heteroatoms. The molecule has 8 aromatic rings. The van der Waals surface area contributed by atoms with Crippen molar-refractivity contribution < 1.29 is 0 Å². The number of rotatable bonds is 21. The Labute approximate surface area is 514 Å². The maximum Gasteiger partial charge on any atom is 0.129 e. The average molecular weight is 1180 g/mol. The zero-order chi connectivity index (χ0) is 60.4. The summed E-state index contributed by atoms with van der Waals surface area (Å²) in [6.07, 6.45) is 24.7. The molecular formula is C80H102Si4. The van der Waals surface area contributed by atoms with Crippen molar-refractivity contribution in [3.63, 3.8) is 0 Å². The van der Waals surface area contributed by atoms with Crippen LogP contribution in [0, 0.1) is 45.9 Å². The summed E-state index contributed by atoms with van der Waals surface area (Å²) in [4.78, 5) is 0. The largest absolute Gasteiger partial charge is 0.129 e. The van der Waals surface area contributed by atoms with Gasteiger partial charge in [0, 0.05) is 22.3 Å². The van der Waals surface area contributed by atoms with Crippen molar-refractivity contribution >= 4 is 96.9 Å². The molecule has 0 saturated carbocycles. The van der Waals surface area contributed by atoms with E-state index in [1.807, 2.05) is 0 Å². The topological polar surface area (TPSA) is 0 Å². The fraction of sp³-hybridized carbons (Fsp3) is 0.450. The minimum Gasteiger partial charge on any atom is -0.127 e. The first-order chi connectivity index (χ1) is 40.0. The summed E-state index contributed by atoms with van der Waals surface area (Å²) in [5, 5.41) is 15.0. The zero-order valence-corrected chi connectivity index (χ0v) is 59.2. The summed E-state index contributed by atoms with van der Waals surface area (Å²) in [7, 11) is -6.98. The van der Waals surface area contributed by atoms with E-state index in [1.165, 1.54) is 223 Å². The lowest BCUT2D eigenvalue weighted by Crippen LogP contribution is -2.16. The lowest BCUT2D eigenvalue weighted by Gasteiger charge is -2.18. The standard InChI is InChI=1S/C80H102Si4/c1-17-21-25-29-33-59-51-73-69(41-45-81(5,6)7)77-55-65-39-37-63(49-67(65)57-79(77)71(43-47-83(11,12)13)75(73)53-61(59)35-31-27-23-19-3)64-38-40-66-56-78-70(42-46-82(8,9)10)74-52-60(34-30-26-22-18-2)62(36-32-28-24-20-4)54-76(74)72(44-48-84(14,15)16)80(78)58-68(66)50-64/h37-40,49-58H,17-36H2,1-16H3. The molecule has 0 nitrogen and oxygen atoms in total. The van der Waals surface area contributed by atoms with E-state index in [2.05, 4.69) is 237 Å². The van der Waals surface area contributed by atoms with Crippen LogP contribution in [-0.4, -0.2) is 32.3 Å². The van der Waals surface area contributed by atoms with Gasteiger partial charge in [-0.1, -0.05) is 231 Å². The number of hydrogen-bond acceptors (Lipinski definition) is 0. The molecule has 0 fully saturated rings. The first-order valence-corrected chi connectivity index (χ1v) is 47.1. The molecule has 8 aromatic carbocycles. The Kier molecular flexibility index (Phi) is 21.7. The number of unbranched alkanes of at least 4 members (excludes halogenated alkanes) is 12. The van der Waals surface area contributed by atoms with Crippen molar-refractivity contribution in [2.75, 3.05) is 0 Å². The Bertz CT molecular complexity index is 3700. The molecule has 0 N–H and O–H groups in total. The van der Waals surface area contributed by atoms with Gasteiger partial charge < -0.3 is 0 Å². The smallest absolute Gasteiger partial charge is 0.127 e. The summed E-state index contributed by atoms with van der Waals surface area (Å²) in [6, 6.07) is 34.5. The van der Waals surface area contributed by atoms with Gasteiger partial charge in [0.25, 0.3) is 0 Å². The van der Waals surface area contributed by atoms with Crippen LogP contribution in [-0.2, 0) is 25.7 Å². The van der Waals surface area contributed by atoms with E-state index in [0.717, 1.165) is 25.7 Å². The van der Waals surface area contributed by atoms with Crippen molar-refractivity contribution in [2.45, 2.75) is 235 Å². The zero-order valence-electron chi connectivity index (χ0n) is 55.2. The quantitative estimate of drug-likeness (QED) is 0.0291. The molecule has 0 aliphatic carbocycles. The molecule has 0 aliphatic heterocycles. The molecule has 0 amide bonds. The first-order valence-electron chi connectivity index (χ1n) is 33.1. The molecule has 0 saturated heterocycles. The Balaban J connectivity index is 1.37. The third kappa shape index (κ3) is 16.9. The van der Waals surface area contributed by atoms with Gasteiger partial charge in [0.05, 0.1) is 0 Å². The Morgan fingerprint density at radius 2 is 0.476 bits per heavy atom. The lowest BCUT2D eigenvalue weighted by molar-refractivity contribution is 0.651. The van der Waals surface area contributed by atoms with E-state index in [0.29, 0.717) is 0 Å². The van der Waals surface area contributed by atoms with Gasteiger partial charge in [-0.2, -0.15) is 0 Å². The normalized spacial score (nSPS) is 12.1. The van der Waals surface area contributed by atoms with Crippen molar-refractivity contribution in [2.24, 2.45) is 0 Å². The lowest BCUT2D eigenvalue weighted by atomic mass is 9.85. The minimum atomic E-state index is -1.76. The summed E-state index contributed by atoms with van der Waals surface area (Å²) >= 11 is 0. The maximum atomic E-state index is 3.94. The van der Waals surface area contributed by atoms with E-state index in [1.54, 1.807) is 0 Å². The van der Waals surface area contributed by atoms with E-state index in [9.17, 15) is 0 Å². The number of aryl methyl sites for hydroxylation is 4. The third-order valence-corrected chi connectivity index (χ3v) is 20.1. The van der Waals surface area contributed by atoms with Gasteiger partial charge in [-0.25, -0.2) is 0 Å². The van der Waals surface area contributed by atoms with Gasteiger partial charge in [0.1, 0.15) is 32.3 Å². The van der Waals surface area contributed by atoms with Gasteiger partial charge in [0.2, 0.25) is 0 Å². The van der Waals surface area contributed by atoms with Crippen LogP contribution in [0.1, 0.15) is 175 Å². The van der Waals surface area contributed by atoms with Gasteiger partial charge in [-0.05, 0) is 210 Å². The predicted octanol–water partition coefficient (Wildman–Crippen LogP) is 23.7. The molecule has 8 rings (SSSR count). The SMILES string of the molecule is CCCCCCc1cc2c(C#C[Si](C)(C)C)c3cc4ccc(-c5ccc6cc7c(C#C[Si](C)(C)C)c8cc(CCCCCC)c(CCCCCC)cc8c(C#C[Si](C)(C)C)c7cc6c5)cc4cc3c(C#C[Si](C)(C)C)c2cc1CCCCCC. The molecule has 0 spiro atoms. The maximum absolute atomic E-state index is 3.94. The molecule has 0 unspecified atom stereocenters. The average Bonchev–Trinajstić information content (AvgIpc) is 1.20. The number of benzene rings is 8. The van der Waals surface area contributed by atoms with Crippen molar-refractivity contribution in [1.29, 1.82) is 0 Å². The van der Waals surface area contributed by atoms with Crippen LogP contribution in [0.15, 0.2) is 84.9 Å². The molecule has 438 valence electrons. The fourth-order valence-electron chi connectivity index (χ4n) is 12.0. The van der Waals surface area contributed by atoms with Crippen molar-refractivity contribution in [3.8, 4) is 57.0 Å². The van der Waals surface area contributed by atoms with E-state index < -0.39 is 32.3 Å². The van der Waals surface area contributed by atoms with Crippen LogP contribution in [0.5, 0.6) is 0 Å². The Morgan fingerprint density at radius 1 is 0.250 bits per heavy atom. The highest BCUT2D eigenvalue weighted by Crippen LogP contribution is 2.41. The molecule has 0 bridgehead atoms. The highest BCUT2D eigenvalue weighted by molar-refractivity contribution is 6.85. The monoisotopic (exact) mass is 1170 g/mol. The van der Waals surface area contributed by atoms with Crippen LogP contribution >= 0.6 is 0 Å². The van der Waals surface area contributed by atoms with Gasteiger partial charge >= 0.3 is 0 Å². The van der Waals surface area contributed by atoms with Crippen LogP contribution in [0.4, 0.5) is 0 Å². The molecule has 0 atom stereocenters. The van der Waals surface area contributed by atoms with Crippen molar-refractivity contribution in [3.05, 3.63) is 129 Å². The van der Waals surface area contributed by atoms with E-state index in [4.69, 9.17) is 0 Å². The summed E-state index contributed by atoms with van der Waals surface area (Å²) in [5.74, 6) is 15.7. The second-order valence-electron chi connectivity index (χ2n) is 29.0. The van der Waals surface area contributed by atoms with Crippen LogP contribution in [0.2, 0.25) is 78.6 Å². The van der Waals surface area contributed by atoms with Gasteiger partial charge in [-0.15, -0.1) is 22.2 Å². The Morgan fingerprint density at radius 3 is 0.702 bits per heavy atom. The van der Waals surface area contributed by atoms with E-state index >= 15 is 0 Å². The first kappa shape index (κ1) is 64.4.